The highest BCUT2D eigenvalue weighted by Crippen LogP contribution is 2.40. The van der Waals surface area contributed by atoms with Gasteiger partial charge in [-0.15, -0.1) is 10.2 Å². The molecule has 1 heterocycles. The standard InChI is InChI=1S/C22H24ClN3O4/c1-4-5-10-26-18-8-7-16(29-3)12-17(18)21(22(26)28)25-24-20(27)13-30-19-9-6-15(23)11-14(19)2/h6-9,11-12,28H,4-5,10,13H2,1-3H3. The highest BCUT2D eigenvalue weighted by Gasteiger charge is 2.17. The second-order valence-electron chi connectivity index (χ2n) is 6.85. The van der Waals surface area contributed by atoms with Gasteiger partial charge in [-0.1, -0.05) is 24.9 Å². The molecule has 2 aromatic carbocycles. The zero-order chi connectivity index (χ0) is 21.7. The summed E-state index contributed by atoms with van der Waals surface area (Å²) in [6.45, 7) is 4.27. The number of hydrogen-bond donors (Lipinski definition) is 1. The number of nitrogens with zero attached hydrogens (tertiary/aromatic N) is 3. The number of aryl methyl sites for hydroxylation is 2. The summed E-state index contributed by atoms with van der Waals surface area (Å²) in [5.74, 6) is 0.574. The number of aromatic hydroxyl groups is 1. The lowest BCUT2D eigenvalue weighted by Gasteiger charge is -2.06. The first-order chi connectivity index (χ1) is 14.4. The van der Waals surface area contributed by atoms with E-state index in [1.165, 1.54) is 0 Å². The first-order valence-electron chi connectivity index (χ1n) is 9.67. The van der Waals surface area contributed by atoms with Gasteiger partial charge in [0.25, 0.3) is 0 Å². The van der Waals surface area contributed by atoms with Crippen LogP contribution >= 0.6 is 11.6 Å². The molecule has 0 spiro atoms. The summed E-state index contributed by atoms with van der Waals surface area (Å²) < 4.78 is 12.6. The maximum absolute atomic E-state index is 12.2. The normalized spacial score (nSPS) is 11.3. The van der Waals surface area contributed by atoms with Crippen LogP contribution in [0.1, 0.15) is 25.3 Å². The number of carbonyl (C=O) groups excluding carboxylic acids is 1. The molecule has 0 bridgehead atoms. The van der Waals surface area contributed by atoms with Crippen LogP contribution in [-0.4, -0.2) is 29.3 Å². The Morgan fingerprint density at radius 1 is 1.23 bits per heavy atom. The van der Waals surface area contributed by atoms with Gasteiger partial charge in [-0.3, -0.25) is 4.79 Å². The molecule has 0 aliphatic heterocycles. The van der Waals surface area contributed by atoms with Crippen molar-refractivity contribution in [1.29, 1.82) is 0 Å². The van der Waals surface area contributed by atoms with E-state index in [4.69, 9.17) is 21.1 Å². The maximum atomic E-state index is 12.2. The van der Waals surface area contributed by atoms with Crippen molar-refractivity contribution >= 4 is 34.1 Å². The highest BCUT2D eigenvalue weighted by molar-refractivity contribution is 6.30. The van der Waals surface area contributed by atoms with Crippen LogP contribution < -0.4 is 9.47 Å². The van der Waals surface area contributed by atoms with Gasteiger partial charge in [-0.25, -0.2) is 0 Å². The van der Waals surface area contributed by atoms with Gasteiger partial charge in [0.15, 0.2) is 12.3 Å². The minimum Gasteiger partial charge on any atom is -0.497 e. The Labute approximate surface area is 179 Å². The van der Waals surface area contributed by atoms with Crippen molar-refractivity contribution < 1.29 is 19.4 Å². The predicted octanol–water partition coefficient (Wildman–Crippen LogP) is 5.81. The number of aromatic nitrogens is 1. The van der Waals surface area contributed by atoms with Gasteiger partial charge in [-0.05, 0) is 55.3 Å². The van der Waals surface area contributed by atoms with Crippen molar-refractivity contribution in [3.8, 4) is 17.4 Å². The van der Waals surface area contributed by atoms with Crippen molar-refractivity contribution in [3.63, 3.8) is 0 Å². The average Bonchev–Trinajstić information content (AvgIpc) is 2.99. The number of carbonyl (C=O) groups is 1. The maximum Gasteiger partial charge on any atom is 0.302 e. The summed E-state index contributed by atoms with van der Waals surface area (Å²) in [4.78, 5) is 12.2. The van der Waals surface area contributed by atoms with E-state index in [-0.39, 0.29) is 18.2 Å². The smallest absolute Gasteiger partial charge is 0.302 e. The number of amides is 1. The average molecular weight is 430 g/mol. The first kappa shape index (κ1) is 21.6. The monoisotopic (exact) mass is 429 g/mol. The van der Waals surface area contributed by atoms with Crippen molar-refractivity contribution in [1.82, 2.24) is 4.57 Å². The van der Waals surface area contributed by atoms with E-state index in [9.17, 15) is 9.90 Å². The molecule has 3 aromatic rings. The molecule has 7 nitrogen and oxygen atoms in total. The fraction of sp³-hybridized carbons (Fsp3) is 0.318. The third kappa shape index (κ3) is 4.74. The van der Waals surface area contributed by atoms with Crippen LogP contribution in [-0.2, 0) is 11.3 Å². The number of azo groups is 1. The van der Waals surface area contributed by atoms with Crippen LogP contribution in [0.3, 0.4) is 0 Å². The minimum atomic E-state index is -0.568. The molecule has 0 fully saturated rings. The molecule has 0 aliphatic carbocycles. The van der Waals surface area contributed by atoms with Crippen molar-refractivity contribution in [2.24, 2.45) is 10.2 Å². The van der Waals surface area contributed by atoms with Crippen LogP contribution in [0.15, 0.2) is 46.6 Å². The summed E-state index contributed by atoms with van der Waals surface area (Å²) in [6, 6.07) is 10.6. The number of methoxy groups -OCH3 is 1. The largest absolute Gasteiger partial charge is 0.497 e. The minimum absolute atomic E-state index is 0.0299. The molecule has 8 heteroatoms. The topological polar surface area (TPSA) is 85.4 Å². The van der Waals surface area contributed by atoms with Gasteiger partial charge < -0.3 is 19.1 Å². The SMILES string of the molecule is CCCCn1c(O)c(N=NC(=O)COc2ccc(Cl)cc2C)c2cc(OC)ccc21. The number of rotatable bonds is 8. The number of hydrogen-bond acceptors (Lipinski definition) is 5. The van der Waals surface area contributed by atoms with E-state index in [1.807, 2.05) is 19.1 Å². The van der Waals surface area contributed by atoms with Crippen LogP contribution in [0.2, 0.25) is 5.02 Å². The molecule has 3 rings (SSSR count). The van der Waals surface area contributed by atoms with Gasteiger partial charge in [-0.2, -0.15) is 0 Å². The van der Waals surface area contributed by atoms with E-state index < -0.39 is 5.91 Å². The first-order valence-corrected chi connectivity index (χ1v) is 10.0. The lowest BCUT2D eigenvalue weighted by molar-refractivity contribution is -0.120. The third-order valence-corrected chi connectivity index (χ3v) is 4.94. The molecule has 1 N–H and O–H groups in total. The molecular formula is C22H24ClN3O4. The fourth-order valence-corrected chi connectivity index (χ4v) is 3.35. The van der Waals surface area contributed by atoms with Gasteiger partial charge in [0, 0.05) is 17.0 Å². The summed E-state index contributed by atoms with van der Waals surface area (Å²) in [5, 5.41) is 19.7. The number of benzene rings is 2. The van der Waals surface area contributed by atoms with E-state index in [0.717, 1.165) is 23.9 Å². The molecule has 0 saturated heterocycles. The van der Waals surface area contributed by atoms with Crippen LogP contribution in [0, 0.1) is 6.92 Å². The molecule has 0 radical (unpaired) electrons. The van der Waals surface area contributed by atoms with Gasteiger partial charge in [0.1, 0.15) is 11.5 Å². The number of ether oxygens (including phenoxy) is 2. The quantitative estimate of drug-likeness (QED) is 0.458. The van der Waals surface area contributed by atoms with E-state index >= 15 is 0 Å². The van der Waals surface area contributed by atoms with Crippen LogP contribution in [0.25, 0.3) is 10.9 Å². The lowest BCUT2D eigenvalue weighted by Crippen LogP contribution is -2.08. The highest BCUT2D eigenvalue weighted by atomic mass is 35.5. The number of fused-ring (bicyclic) bond motifs is 1. The Balaban J connectivity index is 1.83. The van der Waals surface area contributed by atoms with E-state index in [2.05, 4.69) is 17.2 Å². The zero-order valence-electron chi connectivity index (χ0n) is 17.2. The second kappa shape index (κ2) is 9.63. The summed E-state index contributed by atoms with van der Waals surface area (Å²) >= 11 is 5.92. The van der Waals surface area contributed by atoms with E-state index in [0.29, 0.717) is 28.5 Å². The van der Waals surface area contributed by atoms with Gasteiger partial charge in [0.2, 0.25) is 5.88 Å². The predicted molar refractivity (Wildman–Crippen MR) is 116 cm³/mol. The summed E-state index contributed by atoms with van der Waals surface area (Å²) in [7, 11) is 1.57. The Morgan fingerprint density at radius 3 is 2.73 bits per heavy atom. The second-order valence-corrected chi connectivity index (χ2v) is 7.29. The van der Waals surface area contributed by atoms with Crippen molar-refractivity contribution in [3.05, 3.63) is 47.0 Å². The van der Waals surface area contributed by atoms with Gasteiger partial charge in [0.05, 0.1) is 12.6 Å². The summed E-state index contributed by atoms with van der Waals surface area (Å²) in [6.07, 6.45) is 1.87. The molecular weight excluding hydrogens is 406 g/mol. The Bertz CT molecular complexity index is 1090. The van der Waals surface area contributed by atoms with E-state index in [1.54, 1.807) is 35.9 Å². The zero-order valence-corrected chi connectivity index (χ0v) is 17.9. The lowest BCUT2D eigenvalue weighted by atomic mass is 10.2. The van der Waals surface area contributed by atoms with Crippen molar-refractivity contribution in [2.75, 3.05) is 13.7 Å². The molecule has 0 atom stereocenters. The molecule has 1 amide bonds. The van der Waals surface area contributed by atoms with Crippen molar-refractivity contribution in [2.45, 2.75) is 33.2 Å². The molecule has 30 heavy (non-hydrogen) atoms. The Hall–Kier alpha value is -3.06. The summed E-state index contributed by atoms with van der Waals surface area (Å²) in [5.41, 5.74) is 1.85. The molecule has 0 unspecified atom stereocenters. The fourth-order valence-electron chi connectivity index (χ4n) is 3.12. The Kier molecular flexibility index (Phi) is 6.95. The van der Waals surface area contributed by atoms with Crippen LogP contribution in [0.5, 0.6) is 17.4 Å². The molecule has 0 saturated carbocycles. The third-order valence-electron chi connectivity index (χ3n) is 4.70. The Morgan fingerprint density at radius 2 is 2.03 bits per heavy atom. The number of unbranched alkanes of at least 4 members (excludes halogenated alkanes) is 1. The molecule has 1 aromatic heterocycles. The molecule has 0 aliphatic rings. The van der Waals surface area contributed by atoms with Crippen LogP contribution in [0.4, 0.5) is 5.69 Å². The van der Waals surface area contributed by atoms with Gasteiger partial charge >= 0.3 is 5.91 Å². The number of halogens is 1. The molecule has 158 valence electrons.